The summed E-state index contributed by atoms with van der Waals surface area (Å²) in [5.74, 6) is -1.53. The molecule has 1 amide bonds. The number of aromatic nitrogens is 2. The van der Waals surface area contributed by atoms with E-state index in [0.717, 1.165) is 18.2 Å². The lowest BCUT2D eigenvalue weighted by molar-refractivity contribution is 0.117. The van der Waals surface area contributed by atoms with Gasteiger partial charge in [-0.25, -0.2) is 13.6 Å². The van der Waals surface area contributed by atoms with Crippen LogP contribution < -0.4 is 10.6 Å². The fraction of sp³-hybridized carbons (Fsp3) is 0.312. The van der Waals surface area contributed by atoms with Gasteiger partial charge in [-0.1, -0.05) is 0 Å². The molecule has 7 nitrogen and oxygen atoms in total. The van der Waals surface area contributed by atoms with Gasteiger partial charge in [0.1, 0.15) is 11.6 Å². The Morgan fingerprint density at radius 1 is 1.20 bits per heavy atom. The van der Waals surface area contributed by atoms with Crippen molar-refractivity contribution in [3.8, 4) is 0 Å². The van der Waals surface area contributed by atoms with Crippen LogP contribution in [-0.4, -0.2) is 45.0 Å². The number of aliphatic hydroxyl groups excluding tert-OH is 1. The number of nitrogens with zero attached hydrogens (tertiary/aromatic N) is 2. The molecule has 1 heterocycles. The van der Waals surface area contributed by atoms with E-state index < -0.39 is 29.9 Å². The van der Waals surface area contributed by atoms with E-state index in [-0.39, 0.29) is 18.5 Å². The zero-order chi connectivity index (χ0) is 18.2. The van der Waals surface area contributed by atoms with Gasteiger partial charge in [-0.05, 0) is 24.1 Å². The second-order valence-electron chi connectivity index (χ2n) is 5.43. The van der Waals surface area contributed by atoms with Crippen molar-refractivity contribution in [2.45, 2.75) is 25.1 Å². The molecule has 0 aliphatic heterocycles. The van der Waals surface area contributed by atoms with Crippen molar-refractivity contribution in [1.82, 2.24) is 20.6 Å². The molecule has 2 rings (SSSR count). The van der Waals surface area contributed by atoms with Gasteiger partial charge in [-0.15, -0.1) is 0 Å². The number of carboxylic acid groups (broad SMARTS) is 1. The van der Waals surface area contributed by atoms with Crippen molar-refractivity contribution >= 4 is 6.09 Å². The van der Waals surface area contributed by atoms with E-state index in [1.165, 1.54) is 12.4 Å². The zero-order valence-electron chi connectivity index (χ0n) is 13.2. The van der Waals surface area contributed by atoms with Crippen molar-refractivity contribution in [2.75, 3.05) is 6.54 Å². The molecule has 2 aromatic rings. The number of amides is 1. The molecule has 0 saturated carbocycles. The van der Waals surface area contributed by atoms with Gasteiger partial charge in [0.05, 0.1) is 17.8 Å². The van der Waals surface area contributed by atoms with Gasteiger partial charge in [0.2, 0.25) is 0 Å². The molecule has 0 unspecified atom stereocenters. The van der Waals surface area contributed by atoms with Gasteiger partial charge in [0.25, 0.3) is 0 Å². The second-order valence-corrected chi connectivity index (χ2v) is 5.43. The monoisotopic (exact) mass is 352 g/mol. The quantitative estimate of drug-likeness (QED) is 0.566. The highest BCUT2D eigenvalue weighted by atomic mass is 19.1. The summed E-state index contributed by atoms with van der Waals surface area (Å²) in [6.07, 6.45) is 2.11. The minimum absolute atomic E-state index is 0.0549. The fourth-order valence-electron chi connectivity index (χ4n) is 2.34. The molecule has 4 N–H and O–H groups in total. The lowest BCUT2D eigenvalue weighted by Gasteiger charge is -2.23. The molecule has 0 fully saturated rings. The van der Waals surface area contributed by atoms with Crippen LogP contribution in [0.2, 0.25) is 0 Å². The van der Waals surface area contributed by atoms with Crippen molar-refractivity contribution < 1.29 is 23.8 Å². The number of carbonyl (C=O) groups is 1. The van der Waals surface area contributed by atoms with Crippen LogP contribution in [0.25, 0.3) is 0 Å². The summed E-state index contributed by atoms with van der Waals surface area (Å²) in [5, 5.41) is 24.2. The average molecular weight is 352 g/mol. The van der Waals surface area contributed by atoms with E-state index in [9.17, 15) is 18.7 Å². The Balaban J connectivity index is 1.96. The van der Waals surface area contributed by atoms with Crippen LogP contribution in [0.5, 0.6) is 0 Å². The average Bonchev–Trinajstić information content (AvgIpc) is 2.54. The molecule has 134 valence electrons. The largest absolute Gasteiger partial charge is 0.465 e. The van der Waals surface area contributed by atoms with E-state index in [0.29, 0.717) is 12.2 Å². The highest BCUT2D eigenvalue weighted by Crippen LogP contribution is 2.12. The molecule has 0 spiro atoms. The molecule has 1 aromatic heterocycles. The first-order valence-corrected chi connectivity index (χ1v) is 7.52. The van der Waals surface area contributed by atoms with Crippen LogP contribution in [0.1, 0.15) is 11.3 Å². The standard InChI is InChI=1S/C16H18F2N4O3/c17-11-3-10(4-12(18)6-11)5-14(22-16(24)25)15(23)9-20-8-13-7-19-1-2-21-13/h1-4,6-7,14-15,20,22-23H,5,8-9H2,(H,24,25)/t14-,15-/m0/s1. The molecule has 0 aliphatic rings. The highest BCUT2D eigenvalue weighted by Gasteiger charge is 2.22. The predicted octanol–water partition coefficient (Wildman–Crippen LogP) is 1.08. The first kappa shape index (κ1) is 18.7. The molecule has 0 aliphatic carbocycles. The molecule has 1 aromatic carbocycles. The summed E-state index contributed by atoms with van der Waals surface area (Å²) >= 11 is 0. The van der Waals surface area contributed by atoms with E-state index in [1.54, 1.807) is 6.20 Å². The number of rotatable bonds is 8. The first-order valence-electron chi connectivity index (χ1n) is 7.52. The Kier molecular flexibility index (Phi) is 6.72. The normalized spacial score (nSPS) is 13.2. The maximum absolute atomic E-state index is 13.3. The molecule has 25 heavy (non-hydrogen) atoms. The van der Waals surface area contributed by atoms with Crippen LogP contribution in [0, 0.1) is 11.6 Å². The second kappa shape index (κ2) is 9.00. The maximum Gasteiger partial charge on any atom is 0.404 e. The highest BCUT2D eigenvalue weighted by molar-refractivity contribution is 5.65. The minimum atomic E-state index is -1.34. The molecular formula is C16H18F2N4O3. The molecule has 0 saturated heterocycles. The van der Waals surface area contributed by atoms with Crippen LogP contribution in [0.3, 0.4) is 0 Å². The number of halogens is 2. The van der Waals surface area contributed by atoms with Crippen LogP contribution in [0.15, 0.2) is 36.8 Å². The first-order chi connectivity index (χ1) is 11.9. The van der Waals surface area contributed by atoms with Gasteiger partial charge in [-0.2, -0.15) is 0 Å². The Morgan fingerprint density at radius 3 is 2.52 bits per heavy atom. The van der Waals surface area contributed by atoms with Crippen LogP contribution in [-0.2, 0) is 13.0 Å². The Labute approximate surface area is 142 Å². The summed E-state index contributed by atoms with van der Waals surface area (Å²) in [5.41, 5.74) is 0.897. The Hall–Kier alpha value is -2.65. The van der Waals surface area contributed by atoms with Gasteiger partial charge in [0, 0.05) is 37.7 Å². The summed E-state index contributed by atoms with van der Waals surface area (Å²) < 4.78 is 26.5. The van der Waals surface area contributed by atoms with Crippen molar-refractivity contribution in [1.29, 1.82) is 0 Å². The van der Waals surface area contributed by atoms with Gasteiger partial charge >= 0.3 is 6.09 Å². The predicted molar refractivity (Wildman–Crippen MR) is 84.8 cm³/mol. The Morgan fingerprint density at radius 2 is 1.92 bits per heavy atom. The lowest BCUT2D eigenvalue weighted by atomic mass is 10.0. The molecule has 0 radical (unpaired) electrons. The van der Waals surface area contributed by atoms with E-state index in [1.807, 2.05) is 0 Å². The summed E-state index contributed by atoms with van der Waals surface area (Å²) in [7, 11) is 0. The van der Waals surface area contributed by atoms with Crippen molar-refractivity contribution in [2.24, 2.45) is 0 Å². The molecule has 2 atom stereocenters. The van der Waals surface area contributed by atoms with E-state index in [2.05, 4.69) is 20.6 Å². The van der Waals surface area contributed by atoms with E-state index >= 15 is 0 Å². The Bertz CT molecular complexity index is 683. The third-order valence-corrected chi connectivity index (χ3v) is 3.43. The smallest absolute Gasteiger partial charge is 0.404 e. The van der Waals surface area contributed by atoms with Crippen LogP contribution in [0.4, 0.5) is 13.6 Å². The third kappa shape index (κ3) is 6.40. The number of aliphatic hydroxyl groups is 1. The fourth-order valence-corrected chi connectivity index (χ4v) is 2.34. The number of nitrogens with one attached hydrogen (secondary N) is 2. The zero-order valence-corrected chi connectivity index (χ0v) is 13.2. The van der Waals surface area contributed by atoms with Crippen LogP contribution >= 0.6 is 0 Å². The SMILES string of the molecule is O=C(O)N[C@@H](Cc1cc(F)cc(F)c1)[C@@H](O)CNCc1cnccn1. The summed E-state index contributed by atoms with van der Waals surface area (Å²) in [4.78, 5) is 18.9. The third-order valence-electron chi connectivity index (χ3n) is 3.43. The van der Waals surface area contributed by atoms with Crippen molar-refractivity contribution in [3.05, 3.63) is 59.7 Å². The lowest BCUT2D eigenvalue weighted by Crippen LogP contribution is -2.48. The summed E-state index contributed by atoms with van der Waals surface area (Å²) in [6, 6.07) is 1.98. The topological polar surface area (TPSA) is 107 Å². The van der Waals surface area contributed by atoms with E-state index in [4.69, 9.17) is 5.11 Å². The molecule has 9 heteroatoms. The number of benzene rings is 1. The van der Waals surface area contributed by atoms with Gasteiger partial charge in [-0.3, -0.25) is 9.97 Å². The summed E-state index contributed by atoms with van der Waals surface area (Å²) in [6.45, 7) is 0.388. The van der Waals surface area contributed by atoms with Gasteiger partial charge < -0.3 is 20.8 Å². The van der Waals surface area contributed by atoms with Crippen molar-refractivity contribution in [3.63, 3.8) is 0 Å². The molecular weight excluding hydrogens is 334 g/mol. The number of hydrogen-bond donors (Lipinski definition) is 4. The maximum atomic E-state index is 13.3. The molecule has 0 bridgehead atoms. The minimum Gasteiger partial charge on any atom is -0.465 e. The van der Waals surface area contributed by atoms with Gasteiger partial charge in [0.15, 0.2) is 0 Å². The number of hydrogen-bond acceptors (Lipinski definition) is 5.